The van der Waals surface area contributed by atoms with E-state index in [1.54, 1.807) is 0 Å². The van der Waals surface area contributed by atoms with Crippen molar-refractivity contribution in [2.75, 3.05) is 6.61 Å². The highest BCUT2D eigenvalue weighted by Crippen LogP contribution is 2.04. The van der Waals surface area contributed by atoms with Crippen LogP contribution in [0.4, 0.5) is 0 Å². The molecule has 1 radical (unpaired) electrons. The SMILES string of the molecule is C=CCCCCCCC[O]. The normalized spacial score (nSPS) is 9.70. The van der Waals surface area contributed by atoms with Crippen LogP contribution in [0, 0.1) is 0 Å². The number of hydrogen-bond donors (Lipinski definition) is 0. The number of rotatable bonds is 7. The summed E-state index contributed by atoms with van der Waals surface area (Å²) in [6.45, 7) is 3.74. The van der Waals surface area contributed by atoms with E-state index in [0.717, 1.165) is 19.3 Å². The van der Waals surface area contributed by atoms with Crippen LogP contribution in [0.15, 0.2) is 12.7 Å². The molecule has 0 aromatic carbocycles. The fraction of sp³-hybridized carbons (Fsp3) is 0.778. The first-order chi connectivity index (χ1) is 4.91. The topological polar surface area (TPSA) is 19.9 Å². The van der Waals surface area contributed by atoms with Gasteiger partial charge in [-0.25, -0.2) is 5.11 Å². The Balaban J connectivity index is 2.70. The largest absolute Gasteiger partial charge is 0.237 e. The molecule has 0 atom stereocenters. The number of hydrogen-bond acceptors (Lipinski definition) is 0. The molecule has 0 unspecified atom stereocenters. The van der Waals surface area contributed by atoms with Crippen molar-refractivity contribution in [3.63, 3.8) is 0 Å². The van der Waals surface area contributed by atoms with Gasteiger partial charge in [0.05, 0.1) is 6.61 Å². The van der Waals surface area contributed by atoms with E-state index in [1.165, 1.54) is 19.3 Å². The van der Waals surface area contributed by atoms with Crippen molar-refractivity contribution in [3.8, 4) is 0 Å². The molecular formula is C9H17O. The van der Waals surface area contributed by atoms with Crippen LogP contribution < -0.4 is 0 Å². The molecule has 0 aromatic rings. The number of unbranched alkanes of at least 4 members (excludes halogenated alkanes) is 5. The molecule has 0 fully saturated rings. The maximum Gasteiger partial charge on any atom is 0.0822 e. The summed E-state index contributed by atoms with van der Waals surface area (Å²) in [4.78, 5) is 0. The van der Waals surface area contributed by atoms with Crippen LogP contribution in [0.5, 0.6) is 0 Å². The molecular weight excluding hydrogens is 124 g/mol. The van der Waals surface area contributed by atoms with Gasteiger partial charge >= 0.3 is 0 Å². The lowest BCUT2D eigenvalue weighted by Gasteiger charge is -1.95. The lowest BCUT2D eigenvalue weighted by Crippen LogP contribution is -1.81. The molecule has 0 aliphatic heterocycles. The summed E-state index contributed by atoms with van der Waals surface area (Å²) in [7, 11) is 0. The molecule has 0 saturated carbocycles. The highest BCUT2D eigenvalue weighted by atomic mass is 16.2. The molecule has 0 aliphatic carbocycles. The molecule has 0 bridgehead atoms. The van der Waals surface area contributed by atoms with Crippen molar-refractivity contribution in [3.05, 3.63) is 12.7 Å². The minimum Gasteiger partial charge on any atom is -0.237 e. The van der Waals surface area contributed by atoms with Gasteiger partial charge in [0.1, 0.15) is 0 Å². The maximum absolute atomic E-state index is 10.0. The molecule has 1 heteroatoms. The van der Waals surface area contributed by atoms with Crippen LogP contribution in [-0.2, 0) is 5.11 Å². The van der Waals surface area contributed by atoms with Gasteiger partial charge in [-0.05, 0) is 19.3 Å². The molecule has 1 nitrogen and oxygen atoms in total. The van der Waals surface area contributed by atoms with Gasteiger partial charge in [0.15, 0.2) is 0 Å². The van der Waals surface area contributed by atoms with Crippen molar-refractivity contribution in [1.82, 2.24) is 0 Å². The number of allylic oxidation sites excluding steroid dienone is 1. The summed E-state index contributed by atoms with van der Waals surface area (Å²) in [5, 5.41) is 10.0. The second-order valence-corrected chi connectivity index (χ2v) is 2.55. The summed E-state index contributed by atoms with van der Waals surface area (Å²) in [6.07, 6.45) is 8.75. The Kier molecular flexibility index (Phi) is 8.44. The predicted octanol–water partition coefficient (Wildman–Crippen LogP) is 2.94. The smallest absolute Gasteiger partial charge is 0.0822 e. The molecule has 0 heterocycles. The summed E-state index contributed by atoms with van der Waals surface area (Å²) in [5.74, 6) is 0. The Bertz CT molecular complexity index is 69.1. The van der Waals surface area contributed by atoms with Crippen molar-refractivity contribution in [2.24, 2.45) is 0 Å². The zero-order chi connectivity index (χ0) is 7.66. The van der Waals surface area contributed by atoms with E-state index >= 15 is 0 Å². The third-order valence-corrected chi connectivity index (χ3v) is 1.55. The third-order valence-electron chi connectivity index (χ3n) is 1.55. The Morgan fingerprint density at radius 3 is 2.20 bits per heavy atom. The summed E-state index contributed by atoms with van der Waals surface area (Å²) >= 11 is 0. The van der Waals surface area contributed by atoms with Gasteiger partial charge in [-0.15, -0.1) is 6.58 Å². The Morgan fingerprint density at radius 2 is 1.60 bits per heavy atom. The molecule has 0 aromatic heterocycles. The highest BCUT2D eigenvalue weighted by Gasteiger charge is 1.87. The molecule has 0 aliphatic rings. The first-order valence-electron chi connectivity index (χ1n) is 4.11. The molecule has 0 N–H and O–H groups in total. The van der Waals surface area contributed by atoms with E-state index in [9.17, 15) is 5.11 Å². The van der Waals surface area contributed by atoms with Gasteiger partial charge in [0.2, 0.25) is 0 Å². The van der Waals surface area contributed by atoms with E-state index in [4.69, 9.17) is 0 Å². The molecule has 0 saturated heterocycles. The first-order valence-corrected chi connectivity index (χ1v) is 4.11. The van der Waals surface area contributed by atoms with Crippen LogP contribution in [-0.4, -0.2) is 6.61 Å². The molecule has 0 spiro atoms. The second-order valence-electron chi connectivity index (χ2n) is 2.55. The standard InChI is InChI=1S/C9H17O/c1-2-3-4-5-6-7-8-9-10/h2H,1,3-9H2. The van der Waals surface area contributed by atoms with Gasteiger partial charge in [0, 0.05) is 0 Å². The van der Waals surface area contributed by atoms with Crippen molar-refractivity contribution in [2.45, 2.75) is 38.5 Å². The summed E-state index contributed by atoms with van der Waals surface area (Å²) in [6, 6.07) is 0. The zero-order valence-electron chi connectivity index (χ0n) is 6.64. The van der Waals surface area contributed by atoms with E-state index in [2.05, 4.69) is 6.58 Å². The van der Waals surface area contributed by atoms with Gasteiger partial charge < -0.3 is 0 Å². The summed E-state index contributed by atoms with van der Waals surface area (Å²) < 4.78 is 0. The van der Waals surface area contributed by atoms with Gasteiger partial charge in [-0.1, -0.05) is 25.3 Å². The van der Waals surface area contributed by atoms with Crippen LogP contribution >= 0.6 is 0 Å². The third kappa shape index (κ3) is 7.70. The van der Waals surface area contributed by atoms with Crippen LogP contribution in [0.1, 0.15) is 38.5 Å². The van der Waals surface area contributed by atoms with Gasteiger partial charge in [0.25, 0.3) is 0 Å². The summed E-state index contributed by atoms with van der Waals surface area (Å²) in [5.41, 5.74) is 0. The van der Waals surface area contributed by atoms with E-state index in [0.29, 0.717) is 0 Å². The Labute approximate surface area is 63.8 Å². The van der Waals surface area contributed by atoms with Crippen molar-refractivity contribution in [1.29, 1.82) is 0 Å². The molecule has 0 amide bonds. The van der Waals surface area contributed by atoms with E-state index in [-0.39, 0.29) is 6.61 Å². The molecule has 59 valence electrons. The maximum atomic E-state index is 10.0. The van der Waals surface area contributed by atoms with E-state index in [1.807, 2.05) is 6.08 Å². The first kappa shape index (κ1) is 9.70. The van der Waals surface area contributed by atoms with Gasteiger partial charge in [-0.3, -0.25) is 0 Å². The molecule has 0 rings (SSSR count). The average Bonchev–Trinajstić information content (AvgIpc) is 1.97. The Hall–Kier alpha value is -0.300. The lowest BCUT2D eigenvalue weighted by molar-refractivity contribution is 0.186. The van der Waals surface area contributed by atoms with Crippen molar-refractivity contribution < 1.29 is 5.11 Å². The highest BCUT2D eigenvalue weighted by molar-refractivity contribution is 4.65. The minimum absolute atomic E-state index is 0.0987. The van der Waals surface area contributed by atoms with Crippen LogP contribution in [0.2, 0.25) is 0 Å². The van der Waals surface area contributed by atoms with Crippen LogP contribution in [0.25, 0.3) is 0 Å². The minimum atomic E-state index is 0.0987. The average molecular weight is 141 g/mol. The second kappa shape index (κ2) is 8.70. The quantitative estimate of drug-likeness (QED) is 0.384. The van der Waals surface area contributed by atoms with Crippen molar-refractivity contribution >= 4 is 0 Å². The molecule has 10 heavy (non-hydrogen) atoms. The van der Waals surface area contributed by atoms with Crippen LogP contribution in [0.3, 0.4) is 0 Å². The predicted molar refractivity (Wildman–Crippen MR) is 43.5 cm³/mol. The fourth-order valence-corrected chi connectivity index (χ4v) is 0.921. The zero-order valence-corrected chi connectivity index (χ0v) is 6.64. The van der Waals surface area contributed by atoms with E-state index < -0.39 is 0 Å². The fourth-order valence-electron chi connectivity index (χ4n) is 0.921. The Morgan fingerprint density at radius 1 is 1.00 bits per heavy atom. The van der Waals surface area contributed by atoms with Gasteiger partial charge in [-0.2, -0.15) is 0 Å². The lowest BCUT2D eigenvalue weighted by atomic mass is 10.1. The monoisotopic (exact) mass is 141 g/mol.